The van der Waals surface area contributed by atoms with Crippen molar-refractivity contribution in [3.63, 3.8) is 0 Å². The largest absolute Gasteiger partial charge is 0.478 e. The molecule has 0 fully saturated rings. The summed E-state index contributed by atoms with van der Waals surface area (Å²) in [5, 5.41) is 18.3. The summed E-state index contributed by atoms with van der Waals surface area (Å²) >= 11 is 0. The first-order valence-electron chi connectivity index (χ1n) is 8.09. The molecule has 4 rings (SSSR count). The molecule has 2 N–H and O–H groups in total. The van der Waals surface area contributed by atoms with Crippen LogP contribution in [0.2, 0.25) is 0 Å². The van der Waals surface area contributed by atoms with Crippen molar-refractivity contribution < 1.29 is 9.90 Å². The van der Waals surface area contributed by atoms with Gasteiger partial charge in [-0.2, -0.15) is 10.2 Å². The second-order valence-corrected chi connectivity index (χ2v) is 5.65. The summed E-state index contributed by atoms with van der Waals surface area (Å²) < 4.78 is 1.72. The number of hydrazone groups is 1. The molecule has 27 heavy (non-hydrogen) atoms. The van der Waals surface area contributed by atoms with Crippen LogP contribution in [0.5, 0.6) is 0 Å². The molecule has 0 aliphatic heterocycles. The minimum Gasteiger partial charge on any atom is -0.478 e. The highest BCUT2D eigenvalue weighted by molar-refractivity contribution is 5.91. The van der Waals surface area contributed by atoms with Gasteiger partial charge in [0.1, 0.15) is 6.33 Å². The molecule has 4 aromatic rings. The Hall–Kier alpha value is -4.07. The van der Waals surface area contributed by atoms with Crippen molar-refractivity contribution in [2.24, 2.45) is 5.10 Å². The monoisotopic (exact) mass is 358 g/mol. The van der Waals surface area contributed by atoms with Crippen LogP contribution in [0.15, 0.2) is 72.2 Å². The van der Waals surface area contributed by atoms with Gasteiger partial charge in [-0.1, -0.05) is 30.3 Å². The molecular formula is C19H14N6O2. The van der Waals surface area contributed by atoms with Crippen molar-refractivity contribution in [3.8, 4) is 5.69 Å². The summed E-state index contributed by atoms with van der Waals surface area (Å²) in [5.74, 6) is -0.475. The fourth-order valence-corrected chi connectivity index (χ4v) is 2.61. The Morgan fingerprint density at radius 1 is 1.11 bits per heavy atom. The maximum Gasteiger partial charge on any atom is 0.335 e. The highest BCUT2D eigenvalue weighted by Gasteiger charge is 2.10. The van der Waals surface area contributed by atoms with Crippen molar-refractivity contribution >= 4 is 29.0 Å². The molecule has 0 saturated heterocycles. The number of carboxylic acids is 1. The topological polar surface area (TPSA) is 105 Å². The van der Waals surface area contributed by atoms with Crippen LogP contribution in [0.25, 0.3) is 16.7 Å². The average molecular weight is 358 g/mol. The van der Waals surface area contributed by atoms with Crippen LogP contribution in [0, 0.1) is 0 Å². The first kappa shape index (κ1) is 16.4. The van der Waals surface area contributed by atoms with Crippen LogP contribution in [-0.4, -0.2) is 37.0 Å². The lowest BCUT2D eigenvalue weighted by Crippen LogP contribution is -2.00. The number of aromatic carboxylic acids is 1. The van der Waals surface area contributed by atoms with Crippen molar-refractivity contribution in [2.45, 2.75) is 0 Å². The van der Waals surface area contributed by atoms with Crippen LogP contribution < -0.4 is 5.43 Å². The summed E-state index contributed by atoms with van der Waals surface area (Å²) in [6.07, 6.45) is 4.64. The lowest BCUT2D eigenvalue weighted by atomic mass is 10.1. The van der Waals surface area contributed by atoms with E-state index in [2.05, 4.69) is 25.6 Å². The maximum atomic E-state index is 11.0. The molecule has 0 aliphatic rings. The van der Waals surface area contributed by atoms with Gasteiger partial charge in [0, 0.05) is 0 Å². The zero-order valence-corrected chi connectivity index (χ0v) is 14.0. The number of anilines is 1. The maximum absolute atomic E-state index is 11.0. The zero-order chi connectivity index (χ0) is 18.6. The molecule has 0 spiro atoms. The van der Waals surface area contributed by atoms with Gasteiger partial charge in [0.05, 0.1) is 29.0 Å². The number of nitrogens with zero attached hydrogens (tertiary/aromatic N) is 5. The molecule has 0 bridgehead atoms. The van der Waals surface area contributed by atoms with Gasteiger partial charge < -0.3 is 5.11 Å². The number of benzene rings is 2. The average Bonchev–Trinajstić information content (AvgIpc) is 3.14. The van der Waals surface area contributed by atoms with E-state index in [4.69, 9.17) is 5.11 Å². The van der Waals surface area contributed by atoms with E-state index in [0.29, 0.717) is 17.0 Å². The van der Waals surface area contributed by atoms with Crippen molar-refractivity contribution in [2.75, 3.05) is 5.43 Å². The first-order chi connectivity index (χ1) is 13.2. The van der Waals surface area contributed by atoms with Crippen LogP contribution >= 0.6 is 0 Å². The van der Waals surface area contributed by atoms with Gasteiger partial charge in [0.2, 0.25) is 0 Å². The van der Waals surface area contributed by atoms with Crippen LogP contribution in [0.3, 0.4) is 0 Å². The van der Waals surface area contributed by atoms with Crippen molar-refractivity contribution in [3.05, 3.63) is 78.2 Å². The molecule has 0 unspecified atom stereocenters. The number of carboxylic acid groups (broad SMARTS) is 1. The number of fused-ring (bicyclic) bond motifs is 1. The molecule has 8 heteroatoms. The molecule has 0 radical (unpaired) electrons. The summed E-state index contributed by atoms with van der Waals surface area (Å²) in [7, 11) is 0. The second kappa shape index (κ2) is 7.04. The molecule has 0 amide bonds. The summed E-state index contributed by atoms with van der Waals surface area (Å²) in [6, 6.07) is 16.2. The molecule has 0 saturated carbocycles. The summed E-state index contributed by atoms with van der Waals surface area (Å²) in [6.45, 7) is 0. The Balaban J connectivity index is 1.61. The molecule has 0 aliphatic carbocycles. The van der Waals surface area contributed by atoms with E-state index in [0.717, 1.165) is 11.1 Å². The predicted octanol–water partition coefficient (Wildman–Crippen LogP) is 2.96. The van der Waals surface area contributed by atoms with Crippen LogP contribution in [0.4, 0.5) is 5.82 Å². The van der Waals surface area contributed by atoms with Gasteiger partial charge in [0.15, 0.2) is 11.5 Å². The second-order valence-electron chi connectivity index (χ2n) is 5.65. The number of aromatic nitrogens is 4. The van der Waals surface area contributed by atoms with Crippen LogP contribution in [-0.2, 0) is 0 Å². The molecular weight excluding hydrogens is 344 g/mol. The number of hydrogen-bond donors (Lipinski definition) is 2. The first-order valence-corrected chi connectivity index (χ1v) is 8.09. The Labute approximate surface area is 153 Å². The third kappa shape index (κ3) is 3.36. The Kier molecular flexibility index (Phi) is 4.28. The fraction of sp³-hybridized carbons (Fsp3) is 0. The van der Waals surface area contributed by atoms with Crippen molar-refractivity contribution in [1.29, 1.82) is 0 Å². The Morgan fingerprint density at radius 2 is 1.96 bits per heavy atom. The third-order valence-corrected chi connectivity index (χ3v) is 3.88. The van der Waals surface area contributed by atoms with E-state index >= 15 is 0 Å². The van der Waals surface area contributed by atoms with Gasteiger partial charge in [-0.3, -0.25) is 5.43 Å². The normalized spacial score (nSPS) is 11.1. The number of nitrogens with one attached hydrogen (secondary N) is 1. The Bertz CT molecular complexity index is 1140. The molecule has 2 aromatic heterocycles. The third-order valence-electron chi connectivity index (χ3n) is 3.88. The number of carbonyl (C=O) groups is 1. The van der Waals surface area contributed by atoms with E-state index in [1.807, 2.05) is 30.3 Å². The predicted molar refractivity (Wildman–Crippen MR) is 101 cm³/mol. The summed E-state index contributed by atoms with van der Waals surface area (Å²) in [5.41, 5.74) is 5.28. The van der Waals surface area contributed by atoms with Gasteiger partial charge in [-0.15, -0.1) is 0 Å². The highest BCUT2D eigenvalue weighted by atomic mass is 16.4. The lowest BCUT2D eigenvalue weighted by Gasteiger charge is -2.03. The minimum atomic E-state index is -0.982. The molecule has 8 nitrogen and oxygen atoms in total. The van der Waals surface area contributed by atoms with Crippen molar-refractivity contribution in [1.82, 2.24) is 19.7 Å². The summed E-state index contributed by atoms with van der Waals surface area (Å²) in [4.78, 5) is 19.5. The van der Waals surface area contributed by atoms with Gasteiger partial charge in [-0.25, -0.2) is 19.4 Å². The number of para-hydroxylation sites is 1. The highest BCUT2D eigenvalue weighted by Crippen LogP contribution is 2.21. The zero-order valence-electron chi connectivity index (χ0n) is 14.0. The van der Waals surface area contributed by atoms with E-state index in [1.54, 1.807) is 23.0 Å². The van der Waals surface area contributed by atoms with Gasteiger partial charge in [0.25, 0.3) is 0 Å². The van der Waals surface area contributed by atoms with E-state index < -0.39 is 5.97 Å². The van der Waals surface area contributed by atoms with Crippen LogP contribution in [0.1, 0.15) is 15.9 Å². The fourth-order valence-electron chi connectivity index (χ4n) is 2.61. The molecule has 2 heterocycles. The smallest absolute Gasteiger partial charge is 0.335 e. The Morgan fingerprint density at radius 3 is 2.78 bits per heavy atom. The van der Waals surface area contributed by atoms with Gasteiger partial charge >= 0.3 is 5.97 Å². The quantitative estimate of drug-likeness (QED) is 0.420. The van der Waals surface area contributed by atoms with Gasteiger partial charge in [-0.05, 0) is 29.8 Å². The minimum absolute atomic E-state index is 0.201. The van der Waals surface area contributed by atoms with E-state index in [1.165, 1.54) is 24.7 Å². The standard InChI is InChI=1S/C19H14N6O2/c26-19(27)14-6-4-5-13(9-14)10-22-24-17-16-11-23-25(18(16)21-12-20-17)15-7-2-1-3-8-15/h1-12H,(H,26,27)(H,20,21,24)/b22-10+. The van der Waals surface area contributed by atoms with E-state index in [9.17, 15) is 4.79 Å². The number of hydrogen-bond acceptors (Lipinski definition) is 6. The SMILES string of the molecule is O=C(O)c1cccc(/C=N/Nc2ncnc3c2cnn3-c2ccccc2)c1. The van der Waals surface area contributed by atoms with E-state index in [-0.39, 0.29) is 5.56 Å². The lowest BCUT2D eigenvalue weighted by molar-refractivity contribution is 0.0697. The molecule has 2 aromatic carbocycles. The molecule has 132 valence electrons. The number of rotatable bonds is 5. The molecule has 0 atom stereocenters.